The van der Waals surface area contributed by atoms with E-state index in [2.05, 4.69) is 198 Å². The molecule has 0 aromatic rings. The molecule has 0 aliphatic rings. The number of aliphatic hydroxyl groups excluding tert-OH is 1. The van der Waals surface area contributed by atoms with Gasteiger partial charge in [-0.25, -0.2) is 9.13 Å². The topological polar surface area (TPSA) is 237 Å². The number of ether oxygens (including phenoxy) is 4. The molecule has 0 spiro atoms. The van der Waals surface area contributed by atoms with Crippen LogP contribution in [0.1, 0.15) is 297 Å². The molecule has 0 aliphatic carbocycles. The summed E-state index contributed by atoms with van der Waals surface area (Å²) in [7, 11) is -10.0. The third-order valence-corrected chi connectivity index (χ3v) is 18.6. The number of aliphatic hydroxyl groups is 1. The lowest BCUT2D eigenvalue weighted by Gasteiger charge is -2.21. The molecule has 0 aromatic carbocycles. The maximum absolute atomic E-state index is 13.1. The number of hydrogen-bond acceptors (Lipinski definition) is 15. The first-order valence-electron chi connectivity index (χ1n) is 42.3. The fourth-order valence-corrected chi connectivity index (χ4v) is 11.9. The number of carbonyl (C=O) groups excluding carboxylic acids is 4. The van der Waals surface area contributed by atoms with E-state index >= 15 is 0 Å². The molecule has 112 heavy (non-hydrogen) atoms. The maximum Gasteiger partial charge on any atom is 0.472 e. The van der Waals surface area contributed by atoms with Crippen LogP contribution >= 0.6 is 15.6 Å². The average Bonchev–Trinajstić information content (AvgIpc) is 0.898. The van der Waals surface area contributed by atoms with Crippen LogP contribution in [0.2, 0.25) is 0 Å². The van der Waals surface area contributed by atoms with E-state index in [1.165, 1.54) is 44.9 Å². The Morgan fingerprint density at radius 3 is 0.821 bits per heavy atom. The van der Waals surface area contributed by atoms with Gasteiger partial charge in [-0.15, -0.1) is 0 Å². The van der Waals surface area contributed by atoms with Crippen LogP contribution in [0, 0.1) is 0 Å². The summed E-state index contributed by atoms with van der Waals surface area (Å²) < 4.78 is 68.6. The summed E-state index contributed by atoms with van der Waals surface area (Å²) in [6, 6.07) is 0. The Balaban J connectivity index is 5.57. The van der Waals surface area contributed by atoms with Gasteiger partial charge in [0.2, 0.25) is 0 Å². The van der Waals surface area contributed by atoms with E-state index in [9.17, 15) is 43.2 Å². The van der Waals surface area contributed by atoms with Gasteiger partial charge < -0.3 is 33.8 Å². The number of phosphoric acid groups is 2. The Bertz CT molecular complexity index is 2940. The fraction of sp³-hybridized carbons (Fsp3) is 0.591. The predicted molar refractivity (Wildman–Crippen MR) is 463 cm³/mol. The second-order valence-electron chi connectivity index (χ2n) is 27.3. The smallest absolute Gasteiger partial charge is 0.462 e. The highest BCUT2D eigenvalue weighted by molar-refractivity contribution is 7.47. The Kier molecular flexibility index (Phi) is 77.9. The zero-order valence-electron chi connectivity index (χ0n) is 69.3. The van der Waals surface area contributed by atoms with E-state index in [1.807, 2.05) is 36.5 Å². The SMILES string of the molecule is CC/C=C\C/C=C\C/C=C\C/C=C\C/C=C\C/C=C\CCC(=O)OC[C@H](COP(=O)(O)OC[C@@H](O)COP(=O)(O)OC[C@@H](COC(=O)CCCCC/C=C\C/C=C\C/C=C\C/C=C\C/C=C\CC)OC(=O)CCCCCCCCC/C=C\CCCCCC)OC(=O)CC/C=C\C/C=C\C/C=C\C/C=C\C/C=C\CCCCC. The third kappa shape index (κ3) is 81.6. The highest BCUT2D eigenvalue weighted by Gasteiger charge is 2.30. The van der Waals surface area contributed by atoms with E-state index in [4.69, 9.17) is 37.0 Å². The zero-order valence-corrected chi connectivity index (χ0v) is 71.0. The lowest BCUT2D eigenvalue weighted by molar-refractivity contribution is -0.161. The molecule has 5 atom stereocenters. The molecule has 2 unspecified atom stereocenters. The lowest BCUT2D eigenvalue weighted by Crippen LogP contribution is -2.30. The summed E-state index contributed by atoms with van der Waals surface area (Å²) in [6.45, 7) is 4.38. The normalized spacial score (nSPS) is 14.8. The van der Waals surface area contributed by atoms with Crippen molar-refractivity contribution in [3.63, 3.8) is 0 Å². The van der Waals surface area contributed by atoms with Gasteiger partial charge in [0.1, 0.15) is 19.3 Å². The summed E-state index contributed by atoms with van der Waals surface area (Å²) in [5, 5.41) is 10.7. The summed E-state index contributed by atoms with van der Waals surface area (Å²) in [4.78, 5) is 73.2. The fourth-order valence-electron chi connectivity index (χ4n) is 10.4. The number of phosphoric ester groups is 2. The quantitative estimate of drug-likeness (QED) is 0.0169. The Morgan fingerprint density at radius 2 is 0.482 bits per heavy atom. The largest absolute Gasteiger partial charge is 0.472 e. The van der Waals surface area contributed by atoms with Crippen LogP contribution in [0.4, 0.5) is 0 Å². The molecule has 0 rings (SSSR count). The first kappa shape index (κ1) is 106. The van der Waals surface area contributed by atoms with Crippen molar-refractivity contribution in [1.29, 1.82) is 0 Å². The molecule has 0 bridgehead atoms. The molecule has 3 N–H and O–H groups in total. The van der Waals surface area contributed by atoms with Gasteiger partial charge in [0, 0.05) is 25.7 Å². The molecule has 632 valence electrons. The molecule has 0 radical (unpaired) electrons. The van der Waals surface area contributed by atoms with E-state index in [0.29, 0.717) is 38.5 Å². The summed E-state index contributed by atoms with van der Waals surface area (Å²) >= 11 is 0. The number of rotatable bonds is 77. The molecule has 0 fully saturated rings. The van der Waals surface area contributed by atoms with Crippen LogP contribution in [-0.4, -0.2) is 96.7 Å². The summed E-state index contributed by atoms with van der Waals surface area (Å²) in [5.41, 5.74) is 0. The van der Waals surface area contributed by atoms with E-state index in [-0.39, 0.29) is 25.7 Å². The van der Waals surface area contributed by atoms with Crippen molar-refractivity contribution in [2.75, 3.05) is 39.6 Å². The number of carbonyl (C=O) groups is 4. The Morgan fingerprint density at radius 1 is 0.259 bits per heavy atom. The minimum atomic E-state index is -5.03. The van der Waals surface area contributed by atoms with Gasteiger partial charge in [-0.05, 0) is 173 Å². The standard InChI is InChI=1S/C93H148O17P2/c1-5-9-13-17-21-25-29-33-37-40-43-46-50-53-57-61-65-69-73-77-90(95)103-83-88(109-92(97)79-75-71-67-63-59-55-49-36-32-28-24-20-16-12-8-4)85-107-111(99,100)105-81-87(94)82-106-112(101,102)108-86-89(110-93(98)80-76-72-68-64-60-56-52-48-45-42-39-35-31-27-23-19-15-11-7-3)84-104-91(96)78-74-70-66-62-58-54-51-47-44-41-38-34-30-26-22-18-14-10-6-2/h9-10,13-14,21-23,25-28,32-35,37-39,43-48,53-54,56-58,60,66,68,70,72,87-89,94H,5-8,11-12,15-20,24,29-31,36,40-42,49-52,55,59,61-65,67,69,71,73-86H2,1-4H3,(H,99,100)(H,101,102)/b13-9-,14-10-,25-21-,26-22-,27-23-,32-28-,37-33-,38-34-,39-35-,46-43-,47-44-,48-45-,57-53-,58-54-,60-56-,70-66-,72-68-/t87-,88+,89+/m0/s1. The van der Waals surface area contributed by atoms with Crippen molar-refractivity contribution in [3.8, 4) is 0 Å². The summed E-state index contributed by atoms with van der Waals surface area (Å²) in [5.74, 6) is -2.43. The maximum atomic E-state index is 13.1. The first-order valence-corrected chi connectivity index (χ1v) is 45.3. The number of allylic oxidation sites excluding steroid dienone is 34. The first-order chi connectivity index (χ1) is 54.7. The van der Waals surface area contributed by atoms with Crippen LogP contribution in [0.3, 0.4) is 0 Å². The number of esters is 4. The second kappa shape index (κ2) is 82.6. The van der Waals surface area contributed by atoms with Gasteiger partial charge >= 0.3 is 39.5 Å². The van der Waals surface area contributed by atoms with Gasteiger partial charge in [0.05, 0.1) is 26.4 Å². The predicted octanol–water partition coefficient (Wildman–Crippen LogP) is 25.4. The monoisotopic (exact) mass is 1600 g/mol. The molecule has 0 saturated carbocycles. The second-order valence-corrected chi connectivity index (χ2v) is 30.2. The van der Waals surface area contributed by atoms with Crippen LogP contribution in [0.25, 0.3) is 0 Å². The van der Waals surface area contributed by atoms with Gasteiger partial charge in [0.25, 0.3) is 0 Å². The minimum absolute atomic E-state index is 0.0118. The molecule has 17 nitrogen and oxygen atoms in total. The Hall–Kier alpha value is -6.36. The number of unbranched alkanes of at least 4 members (excludes halogenated alkanes) is 17. The van der Waals surface area contributed by atoms with E-state index in [1.54, 1.807) is 0 Å². The highest BCUT2D eigenvalue weighted by atomic mass is 31.2. The van der Waals surface area contributed by atoms with Crippen molar-refractivity contribution in [2.45, 2.75) is 316 Å². The zero-order chi connectivity index (χ0) is 81.7. The van der Waals surface area contributed by atoms with Crippen LogP contribution in [0.15, 0.2) is 207 Å². The van der Waals surface area contributed by atoms with Crippen molar-refractivity contribution >= 4 is 39.5 Å². The van der Waals surface area contributed by atoms with Crippen molar-refractivity contribution < 1.29 is 80.2 Å². The van der Waals surface area contributed by atoms with Crippen LogP contribution in [-0.2, 0) is 65.4 Å². The van der Waals surface area contributed by atoms with Crippen molar-refractivity contribution in [3.05, 3.63) is 207 Å². The van der Waals surface area contributed by atoms with Gasteiger partial charge in [0.15, 0.2) is 12.2 Å². The van der Waals surface area contributed by atoms with Gasteiger partial charge in [-0.1, -0.05) is 305 Å². The minimum Gasteiger partial charge on any atom is -0.462 e. The average molecular weight is 1600 g/mol. The Labute approximate surface area is 678 Å². The van der Waals surface area contributed by atoms with E-state index in [0.717, 1.165) is 161 Å². The van der Waals surface area contributed by atoms with Crippen molar-refractivity contribution in [2.24, 2.45) is 0 Å². The highest BCUT2D eigenvalue weighted by Crippen LogP contribution is 2.45. The molecular formula is C93H148O17P2. The molecule has 19 heteroatoms. The number of hydrogen-bond donors (Lipinski definition) is 3. The van der Waals surface area contributed by atoms with Crippen molar-refractivity contribution in [1.82, 2.24) is 0 Å². The molecular weight excluding hydrogens is 1450 g/mol. The van der Waals surface area contributed by atoms with Gasteiger partial charge in [-0.2, -0.15) is 0 Å². The molecule has 0 aliphatic heterocycles. The molecule has 0 saturated heterocycles. The lowest BCUT2D eigenvalue weighted by atomic mass is 10.1. The van der Waals surface area contributed by atoms with E-state index < -0.39 is 97.5 Å². The summed E-state index contributed by atoms with van der Waals surface area (Å²) in [6.07, 6.45) is 104. The molecule has 0 aromatic heterocycles. The van der Waals surface area contributed by atoms with Gasteiger partial charge in [-0.3, -0.25) is 37.3 Å². The van der Waals surface area contributed by atoms with Crippen LogP contribution in [0.5, 0.6) is 0 Å². The molecule has 0 heterocycles. The third-order valence-electron chi connectivity index (χ3n) is 16.7. The molecule has 0 amide bonds. The van der Waals surface area contributed by atoms with Crippen LogP contribution < -0.4 is 0 Å².